The van der Waals surface area contributed by atoms with E-state index in [1.54, 1.807) is 6.92 Å². The lowest BCUT2D eigenvalue weighted by atomic mass is 10.1. The number of hydrogen-bond acceptors (Lipinski definition) is 6. The molecule has 5 N–H and O–H groups in total. The number of nitrogens with one attached hydrogen (secondary N) is 3. The zero-order chi connectivity index (χ0) is 23.3. The van der Waals surface area contributed by atoms with Crippen LogP contribution in [0, 0.1) is 24.0 Å². The predicted octanol–water partition coefficient (Wildman–Crippen LogP) is 0.500. The Bertz CT molecular complexity index is 1050. The van der Waals surface area contributed by atoms with Gasteiger partial charge in [0, 0.05) is 24.5 Å². The molecule has 0 radical (unpaired) electrons. The van der Waals surface area contributed by atoms with Crippen LogP contribution in [-0.4, -0.2) is 52.2 Å². The van der Waals surface area contributed by atoms with Crippen LogP contribution >= 0.6 is 0 Å². The smallest absolute Gasteiger partial charge is 0.293 e. The van der Waals surface area contributed by atoms with E-state index < -0.39 is 17.2 Å². The van der Waals surface area contributed by atoms with E-state index in [9.17, 15) is 18.4 Å². The fourth-order valence-corrected chi connectivity index (χ4v) is 3.25. The summed E-state index contributed by atoms with van der Waals surface area (Å²) in [4.78, 5) is 34.6. The van der Waals surface area contributed by atoms with Crippen molar-refractivity contribution in [2.45, 2.75) is 32.4 Å². The molecule has 1 amide bonds. The maximum atomic E-state index is 13.7. The van der Waals surface area contributed by atoms with Crippen LogP contribution in [0.15, 0.2) is 29.2 Å². The SMILES string of the molecule is Cc1cnc(NCCc2ccc(F)cc2F)c(=O)n1CC(=O)NC1CCN(C(=N)N)OC1. The number of halogens is 2. The molecule has 1 unspecified atom stereocenters. The molecule has 0 bridgehead atoms. The van der Waals surface area contributed by atoms with E-state index in [2.05, 4.69) is 15.6 Å². The van der Waals surface area contributed by atoms with Gasteiger partial charge in [0.2, 0.25) is 11.9 Å². The molecule has 1 aromatic carbocycles. The van der Waals surface area contributed by atoms with E-state index in [0.717, 1.165) is 6.07 Å². The average molecular weight is 449 g/mol. The summed E-state index contributed by atoms with van der Waals surface area (Å²) in [6, 6.07) is 3.06. The van der Waals surface area contributed by atoms with Gasteiger partial charge in [-0.3, -0.25) is 24.4 Å². The van der Waals surface area contributed by atoms with E-state index >= 15 is 0 Å². The molecule has 1 atom stereocenters. The molecular formula is C20H25F2N7O3. The third-order valence-corrected chi connectivity index (χ3v) is 5.00. The Morgan fingerprint density at radius 2 is 2.19 bits per heavy atom. The zero-order valence-electron chi connectivity index (χ0n) is 17.5. The standard InChI is InChI=1S/C20H25F2N7O3/c1-12-9-26-18(25-6-4-13-2-3-14(21)8-16(13)22)19(31)28(12)10-17(30)27-15-5-7-29(20(23)24)32-11-15/h2-3,8-9,15H,4-7,10-11H2,1H3,(H3,23,24)(H,25,26)(H,27,30). The Labute approximate surface area is 182 Å². The molecule has 0 aliphatic carbocycles. The Kier molecular flexibility index (Phi) is 7.36. The Morgan fingerprint density at radius 3 is 2.84 bits per heavy atom. The minimum atomic E-state index is -0.657. The van der Waals surface area contributed by atoms with Crippen molar-refractivity contribution in [1.29, 1.82) is 5.41 Å². The third-order valence-electron chi connectivity index (χ3n) is 5.00. The number of rotatable bonds is 7. The minimum absolute atomic E-state index is 0.0315. The number of carbonyl (C=O) groups is 1. The number of nitrogens with zero attached hydrogens (tertiary/aromatic N) is 3. The number of anilines is 1. The fraction of sp³-hybridized carbons (Fsp3) is 0.400. The number of guanidine groups is 1. The van der Waals surface area contributed by atoms with Gasteiger partial charge < -0.3 is 16.4 Å². The maximum absolute atomic E-state index is 13.7. The number of carbonyl (C=O) groups excluding carboxylic acids is 1. The Hall–Kier alpha value is -3.54. The number of nitrogens with two attached hydrogens (primary N) is 1. The van der Waals surface area contributed by atoms with Gasteiger partial charge >= 0.3 is 0 Å². The first kappa shape index (κ1) is 23.1. The summed E-state index contributed by atoms with van der Waals surface area (Å²) in [7, 11) is 0. The van der Waals surface area contributed by atoms with Gasteiger partial charge in [0.1, 0.15) is 18.2 Å². The lowest BCUT2D eigenvalue weighted by Gasteiger charge is -2.31. The highest BCUT2D eigenvalue weighted by molar-refractivity contribution is 5.76. The minimum Gasteiger partial charge on any atom is -0.368 e. The summed E-state index contributed by atoms with van der Waals surface area (Å²) < 4.78 is 28.0. The molecule has 1 aromatic heterocycles. The number of aryl methyl sites for hydroxylation is 1. The molecule has 1 aliphatic rings. The number of amides is 1. The molecule has 12 heteroatoms. The Morgan fingerprint density at radius 1 is 1.41 bits per heavy atom. The lowest BCUT2D eigenvalue weighted by molar-refractivity contribution is -0.143. The van der Waals surface area contributed by atoms with Crippen molar-refractivity contribution in [3.05, 3.63) is 57.6 Å². The van der Waals surface area contributed by atoms with Crippen molar-refractivity contribution in [3.8, 4) is 0 Å². The molecule has 0 saturated carbocycles. The second-order valence-electron chi connectivity index (χ2n) is 7.39. The van der Waals surface area contributed by atoms with E-state index in [1.807, 2.05) is 0 Å². The maximum Gasteiger partial charge on any atom is 0.293 e. The lowest BCUT2D eigenvalue weighted by Crippen LogP contribution is -2.50. The first-order chi connectivity index (χ1) is 15.2. The summed E-state index contributed by atoms with van der Waals surface area (Å²) in [5.74, 6) is -1.85. The third kappa shape index (κ3) is 5.78. The normalized spacial score (nSPS) is 16.0. The highest BCUT2D eigenvalue weighted by Gasteiger charge is 2.23. The van der Waals surface area contributed by atoms with Gasteiger partial charge in [-0.15, -0.1) is 0 Å². The van der Waals surface area contributed by atoms with Crippen molar-refractivity contribution < 1.29 is 18.4 Å². The molecule has 2 heterocycles. The van der Waals surface area contributed by atoms with E-state index in [4.69, 9.17) is 16.0 Å². The van der Waals surface area contributed by atoms with Crippen molar-refractivity contribution >= 4 is 17.7 Å². The van der Waals surface area contributed by atoms with Crippen molar-refractivity contribution in [1.82, 2.24) is 19.9 Å². The van der Waals surface area contributed by atoms with Crippen LogP contribution in [0.25, 0.3) is 0 Å². The molecule has 0 spiro atoms. The molecule has 172 valence electrons. The van der Waals surface area contributed by atoms with Gasteiger partial charge in [-0.25, -0.2) is 18.8 Å². The van der Waals surface area contributed by atoms with Crippen LogP contribution in [-0.2, 0) is 22.6 Å². The number of hydroxylamine groups is 2. The molecule has 3 rings (SSSR count). The van der Waals surface area contributed by atoms with E-state index in [0.29, 0.717) is 24.2 Å². The van der Waals surface area contributed by atoms with Gasteiger partial charge in [0.15, 0.2) is 5.82 Å². The van der Waals surface area contributed by atoms with Gasteiger partial charge in [-0.1, -0.05) is 6.07 Å². The van der Waals surface area contributed by atoms with Crippen LogP contribution in [0.1, 0.15) is 17.7 Å². The van der Waals surface area contributed by atoms with E-state index in [1.165, 1.54) is 28.0 Å². The average Bonchev–Trinajstić information content (AvgIpc) is 2.74. The number of aromatic nitrogens is 2. The monoisotopic (exact) mass is 449 g/mol. The largest absolute Gasteiger partial charge is 0.368 e. The highest BCUT2D eigenvalue weighted by atomic mass is 19.1. The summed E-state index contributed by atoms with van der Waals surface area (Å²) >= 11 is 0. The first-order valence-corrected chi connectivity index (χ1v) is 10.0. The van der Waals surface area contributed by atoms with Crippen LogP contribution < -0.4 is 21.9 Å². The van der Waals surface area contributed by atoms with Crippen LogP contribution in [0.3, 0.4) is 0 Å². The first-order valence-electron chi connectivity index (χ1n) is 10.0. The number of hydrogen-bond donors (Lipinski definition) is 4. The van der Waals surface area contributed by atoms with Crippen LogP contribution in [0.4, 0.5) is 14.6 Å². The van der Waals surface area contributed by atoms with Gasteiger partial charge in [-0.05, 0) is 31.4 Å². The molecular weight excluding hydrogens is 424 g/mol. The quantitative estimate of drug-likeness (QED) is 0.357. The predicted molar refractivity (Wildman–Crippen MR) is 113 cm³/mol. The van der Waals surface area contributed by atoms with Crippen LogP contribution in [0.5, 0.6) is 0 Å². The second kappa shape index (κ2) is 10.2. The molecule has 2 aromatic rings. The van der Waals surface area contributed by atoms with Gasteiger partial charge in [0.25, 0.3) is 5.56 Å². The fourth-order valence-electron chi connectivity index (χ4n) is 3.25. The van der Waals surface area contributed by atoms with Crippen LogP contribution in [0.2, 0.25) is 0 Å². The topological polar surface area (TPSA) is 138 Å². The van der Waals surface area contributed by atoms with Crippen molar-refractivity contribution in [2.24, 2.45) is 5.73 Å². The molecule has 1 saturated heterocycles. The summed E-state index contributed by atoms with van der Waals surface area (Å²) in [5.41, 5.74) is 5.69. The van der Waals surface area contributed by atoms with Gasteiger partial charge in [0.05, 0.1) is 19.2 Å². The number of benzene rings is 1. The zero-order valence-corrected chi connectivity index (χ0v) is 17.5. The highest BCUT2D eigenvalue weighted by Crippen LogP contribution is 2.10. The molecule has 10 nitrogen and oxygen atoms in total. The summed E-state index contributed by atoms with van der Waals surface area (Å²) in [6.45, 7) is 2.20. The van der Waals surface area contributed by atoms with Crippen molar-refractivity contribution in [3.63, 3.8) is 0 Å². The van der Waals surface area contributed by atoms with Crippen molar-refractivity contribution in [2.75, 3.05) is 25.0 Å². The van der Waals surface area contributed by atoms with Gasteiger partial charge in [-0.2, -0.15) is 0 Å². The molecule has 1 fully saturated rings. The Balaban J connectivity index is 1.58. The molecule has 32 heavy (non-hydrogen) atoms. The second-order valence-corrected chi connectivity index (χ2v) is 7.39. The summed E-state index contributed by atoms with van der Waals surface area (Å²) in [5, 5.41) is 14.2. The molecule has 1 aliphatic heterocycles. The summed E-state index contributed by atoms with van der Waals surface area (Å²) in [6.07, 6.45) is 2.23. The van der Waals surface area contributed by atoms with E-state index in [-0.39, 0.29) is 49.8 Å².